The van der Waals surface area contributed by atoms with Crippen LogP contribution in [0.15, 0.2) is 24.3 Å². The maximum Gasteiger partial charge on any atom is 0.252 e. The third kappa shape index (κ3) is 2.27. The van der Waals surface area contributed by atoms with Gasteiger partial charge in [-0.2, -0.15) is 0 Å². The molecule has 104 valence electrons. The van der Waals surface area contributed by atoms with Crippen LogP contribution in [0, 0.1) is 0 Å². The highest BCUT2D eigenvalue weighted by Gasteiger charge is 2.21. The molecule has 4 nitrogen and oxygen atoms in total. The Bertz CT molecular complexity index is 651. The first-order chi connectivity index (χ1) is 9.81. The second-order valence-corrected chi connectivity index (χ2v) is 5.11. The number of fused-ring (bicyclic) bond motifs is 2. The summed E-state index contributed by atoms with van der Waals surface area (Å²) in [5.41, 5.74) is 3.83. The molecule has 0 unspecified atom stereocenters. The van der Waals surface area contributed by atoms with Crippen molar-refractivity contribution in [3.05, 3.63) is 41.1 Å². The first kappa shape index (κ1) is 13.1. The number of para-hydroxylation sites is 1. The summed E-state index contributed by atoms with van der Waals surface area (Å²) in [5.74, 6) is 0.0189. The standard InChI is InChI=1S/C16H19N3O/c1-2-8-18-16(20)15-11-5-3-4-6-13(11)19-14-7-9-17-10-12(14)15/h3-6,17H,2,7-10H2,1H3,(H,18,20). The molecule has 1 amide bonds. The summed E-state index contributed by atoms with van der Waals surface area (Å²) in [6, 6.07) is 7.89. The molecule has 0 aliphatic carbocycles. The maximum atomic E-state index is 12.5. The molecule has 0 spiro atoms. The molecule has 1 aliphatic rings. The van der Waals surface area contributed by atoms with E-state index in [1.807, 2.05) is 24.3 Å². The molecule has 2 N–H and O–H groups in total. The fraction of sp³-hybridized carbons (Fsp3) is 0.375. The average molecular weight is 269 g/mol. The highest BCUT2D eigenvalue weighted by atomic mass is 16.1. The lowest BCUT2D eigenvalue weighted by Crippen LogP contribution is -2.31. The van der Waals surface area contributed by atoms with Gasteiger partial charge in [0.25, 0.3) is 5.91 Å². The Balaban J connectivity index is 2.17. The van der Waals surface area contributed by atoms with Crippen molar-refractivity contribution in [1.82, 2.24) is 15.6 Å². The van der Waals surface area contributed by atoms with Gasteiger partial charge < -0.3 is 10.6 Å². The van der Waals surface area contributed by atoms with E-state index in [4.69, 9.17) is 4.98 Å². The normalized spacial score (nSPS) is 14.1. The molecule has 2 heterocycles. The second kappa shape index (κ2) is 5.59. The minimum Gasteiger partial charge on any atom is -0.352 e. The summed E-state index contributed by atoms with van der Waals surface area (Å²) in [5, 5.41) is 7.28. The van der Waals surface area contributed by atoms with Crippen molar-refractivity contribution in [3.63, 3.8) is 0 Å². The van der Waals surface area contributed by atoms with E-state index in [1.54, 1.807) is 0 Å². The molecule has 4 heteroatoms. The zero-order valence-corrected chi connectivity index (χ0v) is 11.7. The van der Waals surface area contributed by atoms with Gasteiger partial charge in [0.1, 0.15) is 0 Å². The van der Waals surface area contributed by atoms with Gasteiger partial charge in [0.15, 0.2) is 0 Å². The number of benzene rings is 1. The van der Waals surface area contributed by atoms with Crippen molar-refractivity contribution in [3.8, 4) is 0 Å². The van der Waals surface area contributed by atoms with E-state index in [0.717, 1.165) is 53.7 Å². The van der Waals surface area contributed by atoms with E-state index in [0.29, 0.717) is 6.54 Å². The number of carbonyl (C=O) groups is 1. The first-order valence-electron chi connectivity index (χ1n) is 7.20. The van der Waals surface area contributed by atoms with E-state index in [2.05, 4.69) is 17.6 Å². The average Bonchev–Trinajstić information content (AvgIpc) is 2.50. The minimum atomic E-state index is 0.0189. The van der Waals surface area contributed by atoms with Gasteiger partial charge >= 0.3 is 0 Å². The number of pyridine rings is 1. The van der Waals surface area contributed by atoms with E-state index in [9.17, 15) is 4.79 Å². The zero-order chi connectivity index (χ0) is 13.9. The Labute approximate surface area is 118 Å². The highest BCUT2D eigenvalue weighted by Crippen LogP contribution is 2.25. The predicted molar refractivity (Wildman–Crippen MR) is 79.8 cm³/mol. The number of hydrogen-bond donors (Lipinski definition) is 2. The van der Waals surface area contributed by atoms with Gasteiger partial charge in [-0.05, 0) is 12.5 Å². The largest absolute Gasteiger partial charge is 0.352 e. The molecule has 0 atom stereocenters. The van der Waals surface area contributed by atoms with E-state index >= 15 is 0 Å². The van der Waals surface area contributed by atoms with Crippen molar-refractivity contribution in [2.24, 2.45) is 0 Å². The number of hydrogen-bond acceptors (Lipinski definition) is 3. The number of aromatic nitrogens is 1. The first-order valence-corrected chi connectivity index (χ1v) is 7.20. The molecule has 20 heavy (non-hydrogen) atoms. The maximum absolute atomic E-state index is 12.5. The summed E-state index contributed by atoms with van der Waals surface area (Å²) in [4.78, 5) is 17.2. The van der Waals surface area contributed by atoms with Crippen LogP contribution in [0.3, 0.4) is 0 Å². The molecule has 1 aromatic heterocycles. The summed E-state index contributed by atoms with van der Waals surface area (Å²) in [7, 11) is 0. The number of rotatable bonds is 3. The van der Waals surface area contributed by atoms with Crippen molar-refractivity contribution in [1.29, 1.82) is 0 Å². The molecule has 0 saturated heterocycles. The van der Waals surface area contributed by atoms with Gasteiger partial charge in [-0.1, -0.05) is 25.1 Å². The van der Waals surface area contributed by atoms with Crippen LogP contribution in [-0.4, -0.2) is 24.0 Å². The van der Waals surface area contributed by atoms with E-state index in [1.165, 1.54) is 0 Å². The van der Waals surface area contributed by atoms with Crippen molar-refractivity contribution in [2.45, 2.75) is 26.3 Å². The monoisotopic (exact) mass is 269 g/mol. The lowest BCUT2D eigenvalue weighted by Gasteiger charge is -2.21. The third-order valence-corrected chi connectivity index (χ3v) is 3.68. The summed E-state index contributed by atoms with van der Waals surface area (Å²) >= 11 is 0. The fourth-order valence-corrected chi connectivity index (χ4v) is 2.71. The fourth-order valence-electron chi connectivity index (χ4n) is 2.71. The summed E-state index contributed by atoms with van der Waals surface area (Å²) in [6.45, 7) is 4.41. The van der Waals surface area contributed by atoms with Crippen molar-refractivity contribution >= 4 is 16.8 Å². The van der Waals surface area contributed by atoms with Gasteiger partial charge in [-0.3, -0.25) is 9.78 Å². The Hall–Kier alpha value is -1.94. The SMILES string of the molecule is CCCNC(=O)c1c2c(nc3ccccc13)CCNC2. The van der Waals surface area contributed by atoms with Crippen LogP contribution in [-0.2, 0) is 13.0 Å². The predicted octanol–water partition coefficient (Wildman–Crippen LogP) is 2.02. The lowest BCUT2D eigenvalue weighted by molar-refractivity contribution is 0.0954. The van der Waals surface area contributed by atoms with E-state index in [-0.39, 0.29) is 5.91 Å². The Morgan fingerprint density at radius 3 is 3.10 bits per heavy atom. The van der Waals surface area contributed by atoms with Gasteiger partial charge in [0.2, 0.25) is 0 Å². The quantitative estimate of drug-likeness (QED) is 0.896. The molecule has 0 saturated carbocycles. The Kier molecular flexibility index (Phi) is 3.65. The number of amides is 1. The number of nitrogens with one attached hydrogen (secondary N) is 2. The van der Waals surface area contributed by atoms with Crippen LogP contribution in [0.2, 0.25) is 0 Å². The van der Waals surface area contributed by atoms with Gasteiger partial charge in [-0.15, -0.1) is 0 Å². The molecule has 0 radical (unpaired) electrons. The van der Waals surface area contributed by atoms with Crippen LogP contribution in [0.1, 0.15) is 35.0 Å². The summed E-state index contributed by atoms with van der Waals surface area (Å²) < 4.78 is 0. The molecular weight excluding hydrogens is 250 g/mol. The van der Waals surface area contributed by atoms with E-state index < -0.39 is 0 Å². The van der Waals surface area contributed by atoms with Gasteiger partial charge in [0.05, 0.1) is 11.1 Å². The van der Waals surface area contributed by atoms with Crippen LogP contribution in [0.4, 0.5) is 0 Å². The van der Waals surface area contributed by atoms with Gasteiger partial charge in [0, 0.05) is 42.7 Å². The highest BCUT2D eigenvalue weighted by molar-refractivity contribution is 6.07. The van der Waals surface area contributed by atoms with Gasteiger partial charge in [-0.25, -0.2) is 0 Å². The topological polar surface area (TPSA) is 54.0 Å². The Morgan fingerprint density at radius 2 is 2.25 bits per heavy atom. The van der Waals surface area contributed by atoms with Crippen LogP contribution < -0.4 is 10.6 Å². The Morgan fingerprint density at radius 1 is 1.40 bits per heavy atom. The zero-order valence-electron chi connectivity index (χ0n) is 11.7. The lowest BCUT2D eigenvalue weighted by atomic mass is 9.96. The number of carbonyl (C=O) groups excluding carboxylic acids is 1. The van der Waals surface area contributed by atoms with Crippen LogP contribution >= 0.6 is 0 Å². The van der Waals surface area contributed by atoms with Crippen molar-refractivity contribution in [2.75, 3.05) is 13.1 Å². The number of nitrogens with zero attached hydrogens (tertiary/aromatic N) is 1. The van der Waals surface area contributed by atoms with Crippen LogP contribution in [0.5, 0.6) is 0 Å². The second-order valence-electron chi connectivity index (χ2n) is 5.11. The molecule has 0 bridgehead atoms. The molecule has 3 rings (SSSR count). The minimum absolute atomic E-state index is 0.0189. The summed E-state index contributed by atoms with van der Waals surface area (Å²) in [6.07, 6.45) is 1.82. The van der Waals surface area contributed by atoms with Crippen LogP contribution in [0.25, 0.3) is 10.9 Å². The molecule has 2 aromatic rings. The molecule has 1 aliphatic heterocycles. The molecular formula is C16H19N3O. The third-order valence-electron chi connectivity index (χ3n) is 3.68. The molecule has 0 fully saturated rings. The molecule has 1 aromatic carbocycles. The smallest absolute Gasteiger partial charge is 0.252 e. The van der Waals surface area contributed by atoms with Crippen molar-refractivity contribution < 1.29 is 4.79 Å².